The lowest BCUT2D eigenvalue weighted by Crippen LogP contribution is -1.73. The van der Waals surface area contributed by atoms with Crippen LogP contribution in [0.2, 0.25) is 0 Å². The Morgan fingerprint density at radius 3 is 2.90 bits per heavy atom. The first-order valence-electron chi connectivity index (χ1n) is 3.15. The Kier molecular flexibility index (Phi) is 2.03. The van der Waals surface area contributed by atoms with Gasteiger partial charge in [-0.2, -0.15) is 0 Å². The fraction of sp³-hybridized carbons (Fsp3) is 0.111. The van der Waals surface area contributed by atoms with Gasteiger partial charge in [-0.1, -0.05) is 29.8 Å². The van der Waals surface area contributed by atoms with Gasteiger partial charge in [0.1, 0.15) is 0 Å². The summed E-state index contributed by atoms with van der Waals surface area (Å²) in [7, 11) is 0. The van der Waals surface area contributed by atoms with Gasteiger partial charge in [-0.25, -0.2) is 0 Å². The van der Waals surface area contributed by atoms with Crippen molar-refractivity contribution in [1.29, 1.82) is 5.41 Å². The van der Waals surface area contributed by atoms with E-state index in [1.807, 2.05) is 31.2 Å². The lowest BCUT2D eigenvalue weighted by Gasteiger charge is -1.91. The van der Waals surface area contributed by atoms with E-state index in [-0.39, 0.29) is 0 Å². The van der Waals surface area contributed by atoms with Gasteiger partial charge < -0.3 is 0 Å². The number of aryl methyl sites for hydroxylation is 1. The molecule has 0 aliphatic heterocycles. The lowest BCUT2D eigenvalue weighted by atomic mass is 10.1. The quantitative estimate of drug-likeness (QED) is 0.565. The summed E-state index contributed by atoms with van der Waals surface area (Å²) in [5.74, 6) is 2.24. The molecule has 50 valence electrons. The second kappa shape index (κ2) is 3.00. The van der Waals surface area contributed by atoms with E-state index in [1.54, 1.807) is 6.08 Å². The van der Waals surface area contributed by atoms with Crippen molar-refractivity contribution < 1.29 is 0 Å². The van der Waals surface area contributed by atoms with Gasteiger partial charge in [0.15, 0.2) is 0 Å². The van der Waals surface area contributed by atoms with E-state index < -0.39 is 0 Å². The normalized spacial score (nSPS) is 8.50. The summed E-state index contributed by atoms with van der Waals surface area (Å²) in [6.07, 6.45) is 1.65. The molecule has 0 bridgehead atoms. The van der Waals surface area contributed by atoms with Crippen LogP contribution in [0.5, 0.6) is 0 Å². The van der Waals surface area contributed by atoms with E-state index in [4.69, 9.17) is 5.41 Å². The minimum Gasteiger partial charge on any atom is -0.259 e. The van der Waals surface area contributed by atoms with Crippen molar-refractivity contribution in [3.63, 3.8) is 0 Å². The summed E-state index contributed by atoms with van der Waals surface area (Å²) >= 11 is 0. The number of benzene rings is 1. The largest absolute Gasteiger partial charge is 0.259 e. The van der Waals surface area contributed by atoms with Crippen LogP contribution in [0.1, 0.15) is 11.1 Å². The molecule has 0 saturated carbocycles. The van der Waals surface area contributed by atoms with Crippen LogP contribution < -0.4 is 0 Å². The van der Waals surface area contributed by atoms with Gasteiger partial charge in [0.05, 0.1) is 0 Å². The fourth-order valence-corrected chi connectivity index (χ4v) is 0.843. The van der Waals surface area contributed by atoms with Crippen molar-refractivity contribution in [2.75, 3.05) is 0 Å². The van der Waals surface area contributed by atoms with E-state index in [2.05, 4.69) is 5.87 Å². The van der Waals surface area contributed by atoms with Crippen LogP contribution in [0.3, 0.4) is 0 Å². The summed E-state index contributed by atoms with van der Waals surface area (Å²) in [6.45, 7) is 2.03. The van der Waals surface area contributed by atoms with Gasteiger partial charge in [0, 0.05) is 6.08 Å². The molecule has 0 saturated heterocycles. The van der Waals surface area contributed by atoms with Crippen LogP contribution in [0.25, 0.3) is 6.08 Å². The predicted octanol–water partition coefficient (Wildman–Crippen LogP) is 2.26. The SMILES string of the molecule is Cc1cccc(C=C=N)c1. The standard InChI is InChI=1S/C9H9N/c1-8-3-2-4-9(7-8)5-6-10/h2-5,7,10H,1H3. The number of hydrogen-bond donors (Lipinski definition) is 1. The first-order valence-corrected chi connectivity index (χ1v) is 3.15. The summed E-state index contributed by atoms with van der Waals surface area (Å²) < 4.78 is 0. The van der Waals surface area contributed by atoms with Crippen molar-refractivity contribution in [3.8, 4) is 0 Å². The molecule has 0 aliphatic carbocycles. The van der Waals surface area contributed by atoms with Gasteiger partial charge >= 0.3 is 0 Å². The highest BCUT2D eigenvalue weighted by atomic mass is 14.3. The van der Waals surface area contributed by atoms with Gasteiger partial charge in [0.2, 0.25) is 0 Å². The highest BCUT2D eigenvalue weighted by Crippen LogP contribution is 2.03. The smallest absolute Gasteiger partial charge is 0.00625 e. The maximum atomic E-state index is 6.71. The fourth-order valence-electron chi connectivity index (χ4n) is 0.843. The molecule has 0 heterocycles. The lowest BCUT2D eigenvalue weighted by molar-refractivity contribution is 1.46. The first kappa shape index (κ1) is 6.79. The third-order valence-corrected chi connectivity index (χ3v) is 1.28. The van der Waals surface area contributed by atoms with E-state index in [9.17, 15) is 0 Å². The summed E-state index contributed by atoms with van der Waals surface area (Å²) in [5.41, 5.74) is 2.25. The average Bonchev–Trinajstić information content (AvgIpc) is 1.88. The summed E-state index contributed by atoms with van der Waals surface area (Å²) in [4.78, 5) is 0. The number of hydrogen-bond acceptors (Lipinski definition) is 1. The molecule has 0 aliphatic rings. The Labute approximate surface area is 60.5 Å². The van der Waals surface area contributed by atoms with Crippen molar-refractivity contribution in [1.82, 2.24) is 0 Å². The Morgan fingerprint density at radius 1 is 1.50 bits per heavy atom. The maximum absolute atomic E-state index is 6.71. The molecule has 1 heteroatoms. The molecular weight excluding hydrogens is 122 g/mol. The molecular formula is C9H9N. The van der Waals surface area contributed by atoms with E-state index in [0.717, 1.165) is 5.56 Å². The molecule has 0 unspecified atom stereocenters. The molecule has 10 heavy (non-hydrogen) atoms. The zero-order valence-corrected chi connectivity index (χ0v) is 5.89. The maximum Gasteiger partial charge on any atom is 0.00625 e. The van der Waals surface area contributed by atoms with Crippen LogP contribution >= 0.6 is 0 Å². The van der Waals surface area contributed by atoms with Gasteiger partial charge in [-0.3, -0.25) is 5.41 Å². The zero-order chi connectivity index (χ0) is 7.40. The number of nitrogens with one attached hydrogen (secondary N) is 1. The molecule has 0 fully saturated rings. The van der Waals surface area contributed by atoms with Crippen molar-refractivity contribution in [2.45, 2.75) is 6.92 Å². The Balaban J connectivity index is 3.06. The van der Waals surface area contributed by atoms with Crippen LogP contribution in [-0.2, 0) is 0 Å². The molecule has 0 atom stereocenters. The summed E-state index contributed by atoms with van der Waals surface area (Å²) in [5, 5.41) is 6.71. The highest BCUT2D eigenvalue weighted by Gasteiger charge is 1.84. The Morgan fingerprint density at radius 2 is 2.30 bits per heavy atom. The van der Waals surface area contributed by atoms with Gasteiger partial charge in [-0.15, -0.1) is 0 Å². The van der Waals surface area contributed by atoms with Crippen LogP contribution in [0.15, 0.2) is 24.3 Å². The first-order chi connectivity index (χ1) is 4.83. The molecule has 1 aromatic carbocycles. The van der Waals surface area contributed by atoms with Crippen molar-refractivity contribution in [2.24, 2.45) is 0 Å². The summed E-state index contributed by atoms with van der Waals surface area (Å²) in [6, 6.07) is 7.97. The topological polar surface area (TPSA) is 23.9 Å². The zero-order valence-electron chi connectivity index (χ0n) is 5.89. The van der Waals surface area contributed by atoms with Crippen molar-refractivity contribution >= 4 is 11.9 Å². The minimum atomic E-state index is 1.04. The van der Waals surface area contributed by atoms with E-state index >= 15 is 0 Å². The second-order valence-electron chi connectivity index (χ2n) is 2.20. The van der Waals surface area contributed by atoms with E-state index in [0.29, 0.717) is 0 Å². The predicted molar refractivity (Wildman–Crippen MR) is 43.4 cm³/mol. The van der Waals surface area contributed by atoms with Crippen molar-refractivity contribution in [3.05, 3.63) is 35.4 Å². The van der Waals surface area contributed by atoms with Gasteiger partial charge in [-0.05, 0) is 18.4 Å². The third-order valence-electron chi connectivity index (χ3n) is 1.28. The highest BCUT2D eigenvalue weighted by molar-refractivity contribution is 5.75. The van der Waals surface area contributed by atoms with Crippen LogP contribution in [0, 0.1) is 12.3 Å². The van der Waals surface area contributed by atoms with Crippen LogP contribution in [-0.4, -0.2) is 5.87 Å². The molecule has 0 aromatic heterocycles. The number of rotatable bonds is 1. The molecule has 1 N–H and O–H groups in total. The molecule has 0 radical (unpaired) electrons. The van der Waals surface area contributed by atoms with E-state index in [1.165, 1.54) is 5.56 Å². The minimum absolute atomic E-state index is 1.04. The molecule has 1 rings (SSSR count). The third kappa shape index (κ3) is 1.57. The molecule has 1 aromatic rings. The average molecular weight is 131 g/mol. The molecule has 1 nitrogen and oxygen atoms in total. The van der Waals surface area contributed by atoms with Crippen LogP contribution in [0.4, 0.5) is 0 Å². The second-order valence-corrected chi connectivity index (χ2v) is 2.20. The molecule has 0 amide bonds. The molecule has 0 spiro atoms. The monoisotopic (exact) mass is 131 g/mol. The Hall–Kier alpha value is -1.33. The Bertz CT molecular complexity index is 270. The van der Waals surface area contributed by atoms with Gasteiger partial charge in [0.25, 0.3) is 0 Å².